The van der Waals surface area contributed by atoms with Crippen molar-refractivity contribution >= 4 is 28.6 Å². The minimum atomic E-state index is 0.00677. The topological polar surface area (TPSA) is 34.0 Å². The van der Waals surface area contributed by atoms with E-state index in [2.05, 4.69) is 46.4 Å². The van der Waals surface area contributed by atoms with Crippen molar-refractivity contribution in [3.63, 3.8) is 0 Å². The molecule has 0 atom stereocenters. The van der Waals surface area contributed by atoms with Gasteiger partial charge in [0.05, 0.1) is 5.56 Å². The number of hydrogen-bond acceptors (Lipinski definition) is 2. The Balaban J connectivity index is 1.54. The SMILES string of the molecule is CSc1ccccc1C(=O)NCCCn1ccc2ccccc21. The maximum absolute atomic E-state index is 12.3. The number of fused-ring (bicyclic) bond motifs is 1. The Kier molecular flexibility index (Phi) is 5.03. The molecule has 2 aromatic carbocycles. The first-order valence-corrected chi connectivity index (χ1v) is 8.97. The lowest BCUT2D eigenvalue weighted by atomic mass is 10.2. The van der Waals surface area contributed by atoms with E-state index < -0.39 is 0 Å². The van der Waals surface area contributed by atoms with Gasteiger partial charge in [0, 0.05) is 29.7 Å². The number of amides is 1. The van der Waals surface area contributed by atoms with Gasteiger partial charge in [-0.25, -0.2) is 0 Å². The number of carbonyl (C=O) groups is 1. The molecule has 0 aliphatic heterocycles. The average Bonchev–Trinajstić information content (AvgIpc) is 3.01. The van der Waals surface area contributed by atoms with Crippen LogP contribution in [-0.2, 0) is 6.54 Å². The maximum Gasteiger partial charge on any atom is 0.252 e. The van der Waals surface area contributed by atoms with Gasteiger partial charge in [-0.05, 0) is 42.3 Å². The summed E-state index contributed by atoms with van der Waals surface area (Å²) in [6, 6.07) is 18.2. The third kappa shape index (κ3) is 3.59. The normalized spacial score (nSPS) is 10.8. The minimum Gasteiger partial charge on any atom is -0.352 e. The first kappa shape index (κ1) is 15.7. The number of rotatable bonds is 6. The Hall–Kier alpha value is -2.20. The quantitative estimate of drug-likeness (QED) is 0.545. The highest BCUT2D eigenvalue weighted by atomic mass is 32.2. The predicted octanol–water partition coefficient (Wildman–Crippen LogP) is 4.18. The zero-order valence-electron chi connectivity index (χ0n) is 13.2. The molecule has 118 valence electrons. The predicted molar refractivity (Wildman–Crippen MR) is 97.1 cm³/mol. The number of nitrogens with one attached hydrogen (secondary N) is 1. The molecule has 0 bridgehead atoms. The molecule has 3 aromatic rings. The third-order valence-electron chi connectivity index (χ3n) is 3.89. The van der Waals surface area contributed by atoms with Crippen LogP contribution in [0.4, 0.5) is 0 Å². The van der Waals surface area contributed by atoms with Crippen LogP contribution in [0.2, 0.25) is 0 Å². The number of aryl methyl sites for hydroxylation is 1. The first-order chi connectivity index (χ1) is 11.3. The van der Waals surface area contributed by atoms with E-state index in [1.165, 1.54) is 10.9 Å². The van der Waals surface area contributed by atoms with Crippen LogP contribution < -0.4 is 5.32 Å². The molecule has 3 nitrogen and oxygen atoms in total. The van der Waals surface area contributed by atoms with E-state index in [1.54, 1.807) is 11.8 Å². The van der Waals surface area contributed by atoms with Crippen LogP contribution in [0.3, 0.4) is 0 Å². The summed E-state index contributed by atoms with van der Waals surface area (Å²) in [4.78, 5) is 13.3. The molecule has 1 amide bonds. The molecule has 0 fully saturated rings. The second kappa shape index (κ2) is 7.38. The van der Waals surface area contributed by atoms with Gasteiger partial charge >= 0.3 is 0 Å². The van der Waals surface area contributed by atoms with Crippen molar-refractivity contribution in [2.45, 2.75) is 17.9 Å². The van der Waals surface area contributed by atoms with Crippen molar-refractivity contribution in [3.8, 4) is 0 Å². The number of aromatic nitrogens is 1. The van der Waals surface area contributed by atoms with Crippen LogP contribution in [0.1, 0.15) is 16.8 Å². The highest BCUT2D eigenvalue weighted by Crippen LogP contribution is 2.19. The van der Waals surface area contributed by atoms with Crippen LogP contribution in [-0.4, -0.2) is 23.3 Å². The molecule has 4 heteroatoms. The van der Waals surface area contributed by atoms with Crippen molar-refractivity contribution in [2.75, 3.05) is 12.8 Å². The van der Waals surface area contributed by atoms with E-state index in [1.807, 2.05) is 30.5 Å². The largest absolute Gasteiger partial charge is 0.352 e. The van der Waals surface area contributed by atoms with E-state index in [4.69, 9.17) is 0 Å². The van der Waals surface area contributed by atoms with E-state index in [0.29, 0.717) is 6.54 Å². The number of benzene rings is 2. The Bertz CT molecular complexity index is 810. The van der Waals surface area contributed by atoms with Crippen molar-refractivity contribution in [2.24, 2.45) is 0 Å². The Morgan fingerprint density at radius 2 is 1.87 bits per heavy atom. The fourth-order valence-corrected chi connectivity index (χ4v) is 3.31. The van der Waals surface area contributed by atoms with Gasteiger partial charge in [0.25, 0.3) is 5.91 Å². The van der Waals surface area contributed by atoms with Crippen molar-refractivity contribution < 1.29 is 4.79 Å². The first-order valence-electron chi connectivity index (χ1n) is 7.74. The summed E-state index contributed by atoms with van der Waals surface area (Å²) < 4.78 is 2.23. The maximum atomic E-state index is 12.3. The monoisotopic (exact) mass is 324 g/mol. The molecular weight excluding hydrogens is 304 g/mol. The molecule has 3 rings (SSSR count). The summed E-state index contributed by atoms with van der Waals surface area (Å²) in [7, 11) is 0. The molecular formula is C19H20N2OS. The van der Waals surface area contributed by atoms with Gasteiger partial charge in [0.2, 0.25) is 0 Å². The highest BCUT2D eigenvalue weighted by Gasteiger charge is 2.09. The summed E-state index contributed by atoms with van der Waals surface area (Å²) in [5.74, 6) is 0.00677. The Morgan fingerprint density at radius 3 is 2.74 bits per heavy atom. The molecule has 0 spiro atoms. The van der Waals surface area contributed by atoms with Gasteiger partial charge in [0.15, 0.2) is 0 Å². The van der Waals surface area contributed by atoms with Gasteiger partial charge in [-0.15, -0.1) is 11.8 Å². The van der Waals surface area contributed by atoms with Crippen LogP contribution in [0.25, 0.3) is 10.9 Å². The average molecular weight is 324 g/mol. The number of thioether (sulfide) groups is 1. The molecule has 0 saturated heterocycles. The molecule has 0 aliphatic carbocycles. The lowest BCUT2D eigenvalue weighted by molar-refractivity contribution is 0.0950. The van der Waals surface area contributed by atoms with E-state index in [0.717, 1.165) is 23.4 Å². The van der Waals surface area contributed by atoms with Gasteiger partial charge < -0.3 is 9.88 Å². The molecule has 0 unspecified atom stereocenters. The third-order valence-corrected chi connectivity index (χ3v) is 4.69. The lowest BCUT2D eigenvalue weighted by Crippen LogP contribution is -2.25. The zero-order valence-corrected chi connectivity index (χ0v) is 14.0. The molecule has 0 saturated carbocycles. The summed E-state index contributed by atoms with van der Waals surface area (Å²) >= 11 is 1.60. The van der Waals surface area contributed by atoms with Crippen LogP contribution in [0, 0.1) is 0 Å². The molecule has 0 aliphatic rings. The van der Waals surface area contributed by atoms with Crippen molar-refractivity contribution in [1.29, 1.82) is 0 Å². The summed E-state index contributed by atoms with van der Waals surface area (Å²) in [5.41, 5.74) is 2.00. The van der Waals surface area contributed by atoms with Crippen molar-refractivity contribution in [3.05, 3.63) is 66.4 Å². The van der Waals surface area contributed by atoms with Crippen LogP contribution in [0.15, 0.2) is 65.7 Å². The number of para-hydroxylation sites is 1. The summed E-state index contributed by atoms with van der Waals surface area (Å²) in [5, 5.41) is 4.27. The van der Waals surface area contributed by atoms with E-state index in [9.17, 15) is 4.79 Å². The van der Waals surface area contributed by atoms with Gasteiger partial charge in [-0.2, -0.15) is 0 Å². The molecule has 1 heterocycles. The smallest absolute Gasteiger partial charge is 0.252 e. The van der Waals surface area contributed by atoms with Crippen molar-refractivity contribution in [1.82, 2.24) is 9.88 Å². The second-order valence-electron chi connectivity index (χ2n) is 5.38. The Morgan fingerprint density at radius 1 is 1.09 bits per heavy atom. The number of carbonyl (C=O) groups excluding carboxylic acids is 1. The molecule has 0 radical (unpaired) electrons. The molecule has 1 aromatic heterocycles. The summed E-state index contributed by atoms with van der Waals surface area (Å²) in [6.07, 6.45) is 5.00. The Labute approximate surface area is 140 Å². The van der Waals surface area contributed by atoms with Gasteiger partial charge in [-0.1, -0.05) is 30.3 Å². The van der Waals surface area contributed by atoms with Crippen LogP contribution in [0.5, 0.6) is 0 Å². The summed E-state index contributed by atoms with van der Waals surface area (Å²) in [6.45, 7) is 1.58. The number of nitrogens with zero attached hydrogens (tertiary/aromatic N) is 1. The van der Waals surface area contributed by atoms with Gasteiger partial charge in [-0.3, -0.25) is 4.79 Å². The van der Waals surface area contributed by atoms with Gasteiger partial charge in [0.1, 0.15) is 0 Å². The second-order valence-corrected chi connectivity index (χ2v) is 6.23. The fourth-order valence-electron chi connectivity index (χ4n) is 2.71. The highest BCUT2D eigenvalue weighted by molar-refractivity contribution is 7.98. The standard InChI is InChI=1S/C19H20N2OS/c1-23-18-10-5-3-8-16(18)19(22)20-12-6-13-21-14-11-15-7-2-4-9-17(15)21/h2-5,7-11,14H,6,12-13H2,1H3,(H,20,22). The molecule has 23 heavy (non-hydrogen) atoms. The fraction of sp³-hybridized carbons (Fsp3) is 0.211. The van der Waals surface area contributed by atoms with E-state index >= 15 is 0 Å². The number of hydrogen-bond donors (Lipinski definition) is 1. The zero-order chi connectivity index (χ0) is 16.1. The van der Waals surface area contributed by atoms with E-state index in [-0.39, 0.29) is 5.91 Å². The van der Waals surface area contributed by atoms with Crippen LogP contribution >= 0.6 is 11.8 Å². The minimum absolute atomic E-state index is 0.00677. The lowest BCUT2D eigenvalue weighted by Gasteiger charge is -2.09. The molecule has 1 N–H and O–H groups in total.